The van der Waals surface area contributed by atoms with Crippen LogP contribution in [0.1, 0.15) is 11.3 Å². The molecule has 112 valence electrons. The van der Waals surface area contributed by atoms with E-state index in [1.807, 2.05) is 24.3 Å². The molecule has 0 saturated carbocycles. The maximum atomic E-state index is 13.0. The molecular weight excluding hydrogens is 295 g/mol. The zero-order chi connectivity index (χ0) is 15.8. The van der Waals surface area contributed by atoms with Crippen molar-refractivity contribution in [1.29, 1.82) is 0 Å². The first-order chi connectivity index (χ1) is 11.2. The van der Waals surface area contributed by atoms with Gasteiger partial charge in [0.15, 0.2) is 0 Å². The SMILES string of the molecule is Oc1oc(-c2ccc(F)cc2)nc1C=C1C=Nc2ccccc21. The minimum absolute atomic E-state index is 0.234. The molecule has 0 amide bonds. The Balaban J connectivity index is 1.73. The van der Waals surface area contributed by atoms with Crippen LogP contribution in [0.5, 0.6) is 5.95 Å². The molecule has 0 aliphatic carbocycles. The van der Waals surface area contributed by atoms with Crippen molar-refractivity contribution in [2.45, 2.75) is 0 Å². The van der Waals surface area contributed by atoms with E-state index in [1.54, 1.807) is 24.4 Å². The molecule has 1 aromatic heterocycles. The molecule has 2 aromatic carbocycles. The Morgan fingerprint density at radius 1 is 1.04 bits per heavy atom. The first-order valence-electron chi connectivity index (χ1n) is 7.01. The molecule has 1 aliphatic heterocycles. The molecular formula is C18H11FN2O2. The minimum Gasteiger partial charge on any atom is -0.479 e. The van der Waals surface area contributed by atoms with Gasteiger partial charge in [-0.3, -0.25) is 4.99 Å². The van der Waals surface area contributed by atoms with Gasteiger partial charge in [-0.25, -0.2) is 9.37 Å². The fourth-order valence-corrected chi connectivity index (χ4v) is 2.44. The van der Waals surface area contributed by atoms with E-state index in [1.165, 1.54) is 12.1 Å². The number of hydrogen-bond acceptors (Lipinski definition) is 4. The summed E-state index contributed by atoms with van der Waals surface area (Å²) in [5, 5.41) is 9.96. The number of halogens is 1. The Hall–Kier alpha value is -3.21. The predicted octanol–water partition coefficient (Wildman–Crippen LogP) is 4.44. The van der Waals surface area contributed by atoms with Crippen LogP contribution in [0.15, 0.2) is 57.9 Å². The van der Waals surface area contributed by atoms with Crippen LogP contribution in [-0.4, -0.2) is 16.3 Å². The topological polar surface area (TPSA) is 58.6 Å². The lowest BCUT2D eigenvalue weighted by atomic mass is 10.1. The lowest BCUT2D eigenvalue weighted by molar-refractivity contribution is 0.336. The number of aliphatic imine (C=N–C) groups is 1. The normalized spacial score (nSPS) is 14.4. The summed E-state index contributed by atoms with van der Waals surface area (Å²) in [5.41, 5.74) is 3.59. The van der Waals surface area contributed by atoms with Crippen molar-refractivity contribution < 1.29 is 13.9 Å². The van der Waals surface area contributed by atoms with E-state index in [4.69, 9.17) is 4.42 Å². The van der Waals surface area contributed by atoms with Crippen LogP contribution >= 0.6 is 0 Å². The van der Waals surface area contributed by atoms with E-state index in [-0.39, 0.29) is 17.7 Å². The highest BCUT2D eigenvalue weighted by atomic mass is 19.1. The Labute approximate surface area is 131 Å². The lowest BCUT2D eigenvalue weighted by Gasteiger charge is -1.97. The van der Waals surface area contributed by atoms with Crippen LogP contribution in [0.4, 0.5) is 10.1 Å². The van der Waals surface area contributed by atoms with Crippen LogP contribution in [0.25, 0.3) is 23.1 Å². The summed E-state index contributed by atoms with van der Waals surface area (Å²) in [4.78, 5) is 8.58. The fourth-order valence-electron chi connectivity index (χ4n) is 2.44. The third-order valence-electron chi connectivity index (χ3n) is 3.58. The van der Waals surface area contributed by atoms with Crippen molar-refractivity contribution in [2.24, 2.45) is 4.99 Å². The Morgan fingerprint density at radius 2 is 1.83 bits per heavy atom. The average molecular weight is 306 g/mol. The smallest absolute Gasteiger partial charge is 0.310 e. The molecule has 1 N–H and O–H groups in total. The molecule has 0 fully saturated rings. The van der Waals surface area contributed by atoms with E-state index in [9.17, 15) is 9.50 Å². The number of benzene rings is 2. The second kappa shape index (κ2) is 5.21. The van der Waals surface area contributed by atoms with Crippen molar-refractivity contribution >= 4 is 23.6 Å². The van der Waals surface area contributed by atoms with Gasteiger partial charge < -0.3 is 9.52 Å². The van der Waals surface area contributed by atoms with Gasteiger partial charge in [-0.2, -0.15) is 0 Å². The van der Waals surface area contributed by atoms with Crippen molar-refractivity contribution in [2.75, 3.05) is 0 Å². The van der Waals surface area contributed by atoms with E-state index >= 15 is 0 Å². The van der Waals surface area contributed by atoms with Crippen LogP contribution in [0.3, 0.4) is 0 Å². The zero-order valence-electron chi connectivity index (χ0n) is 11.9. The molecule has 0 spiro atoms. The molecule has 0 bridgehead atoms. The van der Waals surface area contributed by atoms with Gasteiger partial charge >= 0.3 is 5.95 Å². The molecule has 0 atom stereocenters. The molecule has 4 nitrogen and oxygen atoms in total. The molecule has 2 heterocycles. The number of rotatable bonds is 2. The number of fused-ring (bicyclic) bond motifs is 1. The first-order valence-corrected chi connectivity index (χ1v) is 7.01. The maximum absolute atomic E-state index is 13.0. The largest absolute Gasteiger partial charge is 0.479 e. The fraction of sp³-hybridized carbons (Fsp3) is 0. The zero-order valence-corrected chi connectivity index (χ0v) is 11.9. The van der Waals surface area contributed by atoms with Crippen LogP contribution in [0, 0.1) is 5.82 Å². The highest BCUT2D eigenvalue weighted by Gasteiger charge is 2.16. The van der Waals surface area contributed by atoms with Gasteiger partial charge in [-0.15, -0.1) is 0 Å². The molecule has 23 heavy (non-hydrogen) atoms. The Bertz CT molecular complexity index is 940. The van der Waals surface area contributed by atoms with Crippen molar-refractivity contribution in [3.05, 3.63) is 65.6 Å². The molecule has 4 rings (SSSR count). The van der Waals surface area contributed by atoms with E-state index in [0.717, 1.165) is 16.8 Å². The first kappa shape index (κ1) is 13.5. The monoisotopic (exact) mass is 306 g/mol. The summed E-state index contributed by atoms with van der Waals surface area (Å²) in [6, 6.07) is 13.4. The quantitative estimate of drug-likeness (QED) is 0.761. The van der Waals surface area contributed by atoms with Crippen LogP contribution in [0.2, 0.25) is 0 Å². The summed E-state index contributed by atoms with van der Waals surface area (Å²) >= 11 is 0. The van der Waals surface area contributed by atoms with Crippen molar-refractivity contribution in [1.82, 2.24) is 4.98 Å². The molecule has 5 heteroatoms. The average Bonchev–Trinajstić information content (AvgIpc) is 3.13. The molecule has 1 aliphatic rings. The lowest BCUT2D eigenvalue weighted by Crippen LogP contribution is -1.82. The number of hydrogen-bond donors (Lipinski definition) is 1. The van der Waals surface area contributed by atoms with Gasteiger partial charge in [0.05, 0.1) is 5.69 Å². The number of nitrogens with zero attached hydrogens (tertiary/aromatic N) is 2. The minimum atomic E-state index is -0.342. The number of para-hydroxylation sites is 1. The maximum Gasteiger partial charge on any atom is 0.310 e. The second-order valence-corrected chi connectivity index (χ2v) is 5.09. The van der Waals surface area contributed by atoms with E-state index in [0.29, 0.717) is 11.3 Å². The van der Waals surface area contributed by atoms with Gasteiger partial charge in [0.2, 0.25) is 5.89 Å². The van der Waals surface area contributed by atoms with Crippen molar-refractivity contribution in [3.8, 4) is 17.4 Å². The van der Waals surface area contributed by atoms with Gasteiger partial charge in [0.1, 0.15) is 11.5 Å². The Kier molecular flexibility index (Phi) is 3.05. The predicted molar refractivity (Wildman–Crippen MR) is 86.0 cm³/mol. The molecule has 0 unspecified atom stereocenters. The summed E-state index contributed by atoms with van der Waals surface area (Å²) in [5.74, 6) is -0.391. The van der Waals surface area contributed by atoms with Gasteiger partial charge in [-0.05, 0) is 36.4 Å². The standard InChI is InChI=1S/C18H11FN2O2/c19-13-7-5-11(6-8-13)17-21-16(18(22)23-17)9-12-10-20-15-4-2-1-3-14(12)15/h1-10,22H. The molecule has 0 radical (unpaired) electrons. The third kappa shape index (κ3) is 2.42. The van der Waals surface area contributed by atoms with Gasteiger partial charge in [0.25, 0.3) is 0 Å². The third-order valence-corrected chi connectivity index (χ3v) is 3.58. The molecule has 0 saturated heterocycles. The van der Waals surface area contributed by atoms with Gasteiger partial charge in [-0.1, -0.05) is 18.2 Å². The van der Waals surface area contributed by atoms with Gasteiger partial charge in [0, 0.05) is 22.9 Å². The summed E-state index contributed by atoms with van der Waals surface area (Å²) in [6.45, 7) is 0. The number of oxazole rings is 1. The Morgan fingerprint density at radius 3 is 2.65 bits per heavy atom. The molecule has 3 aromatic rings. The van der Waals surface area contributed by atoms with E-state index in [2.05, 4.69) is 9.98 Å². The van der Waals surface area contributed by atoms with Crippen LogP contribution in [-0.2, 0) is 0 Å². The number of allylic oxidation sites excluding steroid dienone is 1. The van der Waals surface area contributed by atoms with Crippen molar-refractivity contribution in [3.63, 3.8) is 0 Å². The summed E-state index contributed by atoms with van der Waals surface area (Å²) < 4.78 is 18.2. The summed E-state index contributed by atoms with van der Waals surface area (Å²) in [7, 11) is 0. The number of aromatic hydroxyl groups is 1. The van der Waals surface area contributed by atoms with Crippen LogP contribution < -0.4 is 0 Å². The highest BCUT2D eigenvalue weighted by molar-refractivity contribution is 6.21. The highest BCUT2D eigenvalue weighted by Crippen LogP contribution is 2.34. The van der Waals surface area contributed by atoms with E-state index < -0.39 is 0 Å². The summed E-state index contributed by atoms with van der Waals surface area (Å²) in [6.07, 6.45) is 3.43. The second-order valence-electron chi connectivity index (χ2n) is 5.09. The number of aromatic nitrogens is 1.